The lowest BCUT2D eigenvalue weighted by atomic mass is 10.1. The number of H-pyrrole nitrogens is 1. The van der Waals surface area contributed by atoms with Crippen molar-refractivity contribution in [1.82, 2.24) is 25.3 Å². The highest BCUT2D eigenvalue weighted by Gasteiger charge is 2.20. The van der Waals surface area contributed by atoms with Crippen molar-refractivity contribution in [3.63, 3.8) is 0 Å². The number of nitrogens with one attached hydrogen (secondary N) is 2. The van der Waals surface area contributed by atoms with Gasteiger partial charge in [0, 0.05) is 12.6 Å². The summed E-state index contributed by atoms with van der Waals surface area (Å²) in [6.07, 6.45) is 1.50. The predicted molar refractivity (Wildman–Crippen MR) is 104 cm³/mol. The number of fused-ring (bicyclic) bond motifs is 1. The molecule has 1 aliphatic rings. The number of aliphatic hydroxyl groups is 1. The van der Waals surface area contributed by atoms with E-state index in [0.29, 0.717) is 24.7 Å². The van der Waals surface area contributed by atoms with E-state index in [1.165, 1.54) is 11.1 Å². The summed E-state index contributed by atoms with van der Waals surface area (Å²) in [5, 5.41) is 16.4. The van der Waals surface area contributed by atoms with Crippen LogP contribution in [0.25, 0.3) is 11.0 Å². The zero-order valence-corrected chi connectivity index (χ0v) is 16.2. The molecule has 1 aliphatic heterocycles. The van der Waals surface area contributed by atoms with Crippen LogP contribution in [0, 0.1) is 13.8 Å². The quantitative estimate of drug-likeness (QED) is 0.622. The van der Waals surface area contributed by atoms with Crippen molar-refractivity contribution in [3.8, 4) is 0 Å². The normalized spacial score (nSPS) is 17.9. The second-order valence-corrected chi connectivity index (χ2v) is 7.53. The number of benzene rings is 1. The first-order valence-corrected chi connectivity index (χ1v) is 9.58. The van der Waals surface area contributed by atoms with Crippen LogP contribution in [-0.2, 0) is 13.1 Å². The van der Waals surface area contributed by atoms with Gasteiger partial charge in [0.25, 0.3) is 5.91 Å². The van der Waals surface area contributed by atoms with Crippen molar-refractivity contribution < 1.29 is 14.4 Å². The molecule has 3 N–H and O–H groups in total. The van der Waals surface area contributed by atoms with Gasteiger partial charge in [-0.15, -0.1) is 0 Å². The number of aliphatic hydroxyl groups excluding tert-OH is 1. The monoisotopic (exact) mass is 383 g/mol. The number of rotatable bonds is 5. The number of aryl methyl sites for hydroxylation is 2. The highest BCUT2D eigenvalue weighted by molar-refractivity contribution is 5.92. The van der Waals surface area contributed by atoms with Gasteiger partial charge in [0.1, 0.15) is 5.82 Å². The summed E-state index contributed by atoms with van der Waals surface area (Å²) in [4.78, 5) is 22.2. The summed E-state index contributed by atoms with van der Waals surface area (Å²) in [5.74, 6) is 1.01. The Hall–Kier alpha value is -2.71. The van der Waals surface area contributed by atoms with Crippen LogP contribution >= 0.6 is 0 Å². The summed E-state index contributed by atoms with van der Waals surface area (Å²) >= 11 is 0. The Bertz CT molecular complexity index is 954. The van der Waals surface area contributed by atoms with Crippen LogP contribution in [0.5, 0.6) is 0 Å². The molecule has 4 rings (SSSR count). The van der Waals surface area contributed by atoms with Gasteiger partial charge in [-0.05, 0) is 56.5 Å². The Morgan fingerprint density at radius 2 is 2.18 bits per heavy atom. The molecule has 0 unspecified atom stereocenters. The van der Waals surface area contributed by atoms with Gasteiger partial charge in [-0.25, -0.2) is 4.98 Å². The number of amides is 1. The number of hydrogen-bond acceptors (Lipinski definition) is 6. The average molecular weight is 383 g/mol. The molecular formula is C20H25N5O3. The summed E-state index contributed by atoms with van der Waals surface area (Å²) < 4.78 is 5.29. The van der Waals surface area contributed by atoms with Gasteiger partial charge in [0.2, 0.25) is 0 Å². The fourth-order valence-electron chi connectivity index (χ4n) is 3.55. The molecule has 1 amide bonds. The summed E-state index contributed by atoms with van der Waals surface area (Å²) in [5.41, 5.74) is 4.48. The zero-order valence-electron chi connectivity index (χ0n) is 16.2. The molecule has 3 heterocycles. The van der Waals surface area contributed by atoms with E-state index >= 15 is 0 Å². The van der Waals surface area contributed by atoms with Crippen LogP contribution in [-0.4, -0.2) is 50.2 Å². The first kappa shape index (κ1) is 18.6. The number of hydrogen-bond donors (Lipinski definition) is 3. The molecule has 0 radical (unpaired) electrons. The van der Waals surface area contributed by atoms with E-state index in [9.17, 15) is 9.90 Å². The van der Waals surface area contributed by atoms with E-state index in [0.717, 1.165) is 30.4 Å². The summed E-state index contributed by atoms with van der Waals surface area (Å²) in [6, 6.07) is 5.75. The van der Waals surface area contributed by atoms with Crippen LogP contribution in [0.2, 0.25) is 0 Å². The predicted octanol–water partition coefficient (Wildman–Crippen LogP) is 2.05. The number of carbonyl (C=O) groups is 1. The van der Waals surface area contributed by atoms with Crippen LogP contribution < -0.4 is 5.32 Å². The third kappa shape index (κ3) is 4.07. The summed E-state index contributed by atoms with van der Waals surface area (Å²) in [6.45, 7) is 6.46. The number of aromatic amines is 1. The molecule has 1 aromatic carbocycles. The average Bonchev–Trinajstić information content (AvgIpc) is 3.27. The lowest BCUT2D eigenvalue weighted by Gasteiger charge is -2.28. The van der Waals surface area contributed by atoms with E-state index in [2.05, 4.69) is 45.3 Å². The van der Waals surface area contributed by atoms with E-state index in [-0.39, 0.29) is 24.2 Å². The van der Waals surface area contributed by atoms with Crippen molar-refractivity contribution >= 4 is 16.9 Å². The van der Waals surface area contributed by atoms with E-state index < -0.39 is 0 Å². The maximum atomic E-state index is 12.4. The third-order valence-electron chi connectivity index (χ3n) is 5.21. The zero-order chi connectivity index (χ0) is 19.7. The van der Waals surface area contributed by atoms with Gasteiger partial charge in [0.05, 0.1) is 30.2 Å². The van der Waals surface area contributed by atoms with Gasteiger partial charge in [0.15, 0.2) is 11.5 Å². The number of nitrogens with zero attached hydrogens (tertiary/aromatic N) is 3. The second kappa shape index (κ2) is 7.73. The molecule has 0 aliphatic carbocycles. The number of likely N-dealkylation sites (tertiary alicyclic amines) is 1. The molecule has 148 valence electrons. The summed E-state index contributed by atoms with van der Waals surface area (Å²) in [7, 11) is 0. The first-order chi connectivity index (χ1) is 13.5. The molecule has 8 nitrogen and oxygen atoms in total. The second-order valence-electron chi connectivity index (χ2n) is 7.53. The fraction of sp³-hybridized carbons (Fsp3) is 0.450. The molecule has 1 fully saturated rings. The molecular weight excluding hydrogens is 358 g/mol. The Morgan fingerprint density at radius 1 is 1.36 bits per heavy atom. The maximum absolute atomic E-state index is 12.4. The maximum Gasteiger partial charge on any atom is 0.273 e. The van der Waals surface area contributed by atoms with Crippen molar-refractivity contribution in [2.75, 3.05) is 13.1 Å². The van der Waals surface area contributed by atoms with E-state index in [1.54, 1.807) is 6.07 Å². The highest BCUT2D eigenvalue weighted by atomic mass is 16.5. The topological polar surface area (TPSA) is 107 Å². The van der Waals surface area contributed by atoms with Crippen molar-refractivity contribution in [1.29, 1.82) is 0 Å². The molecule has 0 saturated carbocycles. The Labute approximate surface area is 162 Å². The van der Waals surface area contributed by atoms with Gasteiger partial charge in [-0.3, -0.25) is 9.69 Å². The standard InChI is InChI=1S/C20H25N5O3/c1-12-6-16-17(7-13(12)2)23-19(22-16)9-21-20(27)18-8-15(28-24-18)11-25-5-3-4-14(26)10-25/h6-8,14,26H,3-5,9-11H2,1-2H3,(H,21,27)(H,22,23)/t14-/m1/s1. The van der Waals surface area contributed by atoms with Crippen LogP contribution in [0.15, 0.2) is 22.7 Å². The molecule has 1 atom stereocenters. The number of β-amino-alcohol motifs (C(OH)–C–C–N with tert-alkyl or cyclic N) is 1. The molecule has 28 heavy (non-hydrogen) atoms. The SMILES string of the molecule is Cc1cc2nc(CNC(=O)c3cc(CN4CCC[C@@H](O)C4)on3)[nH]c2cc1C. The number of carbonyl (C=O) groups excluding carboxylic acids is 1. The smallest absolute Gasteiger partial charge is 0.273 e. The molecule has 2 aromatic heterocycles. The lowest BCUT2D eigenvalue weighted by molar-refractivity contribution is 0.0622. The van der Waals surface area contributed by atoms with E-state index in [1.807, 2.05) is 6.07 Å². The Kier molecular flexibility index (Phi) is 5.15. The minimum atomic E-state index is -0.304. The van der Waals surface area contributed by atoms with Gasteiger partial charge >= 0.3 is 0 Å². The molecule has 8 heteroatoms. The number of piperidine rings is 1. The Morgan fingerprint density at radius 3 is 3.00 bits per heavy atom. The van der Waals surface area contributed by atoms with Crippen molar-refractivity contribution in [3.05, 3.63) is 46.6 Å². The fourth-order valence-corrected chi connectivity index (χ4v) is 3.55. The lowest BCUT2D eigenvalue weighted by Crippen LogP contribution is -2.37. The van der Waals surface area contributed by atoms with Gasteiger partial charge < -0.3 is 19.9 Å². The van der Waals surface area contributed by atoms with Crippen LogP contribution in [0.3, 0.4) is 0 Å². The molecule has 1 saturated heterocycles. The van der Waals surface area contributed by atoms with Gasteiger partial charge in [-0.2, -0.15) is 0 Å². The molecule has 3 aromatic rings. The third-order valence-corrected chi connectivity index (χ3v) is 5.21. The largest absolute Gasteiger partial charge is 0.392 e. The van der Waals surface area contributed by atoms with Crippen molar-refractivity contribution in [2.24, 2.45) is 0 Å². The Balaban J connectivity index is 1.36. The van der Waals surface area contributed by atoms with E-state index in [4.69, 9.17) is 4.52 Å². The van der Waals surface area contributed by atoms with Crippen LogP contribution in [0.1, 0.15) is 46.0 Å². The minimum absolute atomic E-state index is 0.246. The molecule has 0 bridgehead atoms. The van der Waals surface area contributed by atoms with Gasteiger partial charge in [-0.1, -0.05) is 5.16 Å². The molecule has 0 spiro atoms. The van der Waals surface area contributed by atoms with Crippen LogP contribution in [0.4, 0.5) is 0 Å². The number of imidazole rings is 1. The number of aromatic nitrogens is 3. The van der Waals surface area contributed by atoms with Crippen molar-refractivity contribution in [2.45, 2.75) is 45.9 Å². The highest BCUT2D eigenvalue weighted by Crippen LogP contribution is 2.17. The first-order valence-electron chi connectivity index (χ1n) is 9.58. The minimum Gasteiger partial charge on any atom is -0.392 e.